The number of nitrogens with one attached hydrogen (secondary N) is 1. The third-order valence-electron chi connectivity index (χ3n) is 2.59. The number of thiazole rings is 1. The largest absolute Gasteiger partial charge is 0.504 e. The summed E-state index contributed by atoms with van der Waals surface area (Å²) in [7, 11) is 0. The van der Waals surface area contributed by atoms with E-state index in [0.717, 1.165) is 10.7 Å². The SMILES string of the molecule is Cc1nc(CCNC(=O)COc2ccccc2O)cs1. The Morgan fingerprint density at radius 2 is 2.25 bits per heavy atom. The lowest BCUT2D eigenvalue weighted by Gasteiger charge is -2.08. The zero-order valence-corrected chi connectivity index (χ0v) is 11.9. The monoisotopic (exact) mass is 292 g/mol. The number of benzene rings is 1. The van der Waals surface area contributed by atoms with Crippen LogP contribution in [0.4, 0.5) is 0 Å². The Hall–Kier alpha value is -2.08. The predicted octanol–water partition coefficient (Wildman–Crippen LogP) is 1.89. The first-order valence-corrected chi connectivity index (χ1v) is 7.11. The smallest absolute Gasteiger partial charge is 0.257 e. The Labute approximate surface area is 121 Å². The van der Waals surface area contributed by atoms with E-state index in [0.29, 0.717) is 18.7 Å². The van der Waals surface area contributed by atoms with Gasteiger partial charge < -0.3 is 15.2 Å². The fourth-order valence-electron chi connectivity index (χ4n) is 1.63. The molecule has 1 aromatic heterocycles. The van der Waals surface area contributed by atoms with E-state index in [9.17, 15) is 9.90 Å². The molecule has 0 saturated heterocycles. The van der Waals surface area contributed by atoms with E-state index in [1.165, 1.54) is 6.07 Å². The molecular formula is C14H16N2O3S. The lowest BCUT2D eigenvalue weighted by atomic mass is 10.3. The molecule has 6 heteroatoms. The van der Waals surface area contributed by atoms with Gasteiger partial charge in [0.25, 0.3) is 5.91 Å². The zero-order chi connectivity index (χ0) is 14.4. The van der Waals surface area contributed by atoms with Crippen molar-refractivity contribution in [3.8, 4) is 11.5 Å². The number of carbonyl (C=O) groups excluding carboxylic acids is 1. The van der Waals surface area contributed by atoms with Gasteiger partial charge in [0.15, 0.2) is 18.1 Å². The summed E-state index contributed by atoms with van der Waals surface area (Å²) in [6.45, 7) is 2.35. The number of hydrogen-bond donors (Lipinski definition) is 2. The van der Waals surface area contributed by atoms with Crippen LogP contribution in [0.25, 0.3) is 0 Å². The van der Waals surface area contributed by atoms with Gasteiger partial charge in [-0.05, 0) is 19.1 Å². The molecule has 1 heterocycles. The highest BCUT2D eigenvalue weighted by Crippen LogP contribution is 2.23. The fourth-order valence-corrected chi connectivity index (χ4v) is 2.27. The topological polar surface area (TPSA) is 71.5 Å². The molecule has 2 N–H and O–H groups in total. The number of hydrogen-bond acceptors (Lipinski definition) is 5. The number of para-hydroxylation sites is 2. The standard InChI is InChI=1S/C14H16N2O3S/c1-10-16-11(9-20-10)6-7-15-14(18)8-19-13-5-3-2-4-12(13)17/h2-5,9,17H,6-8H2,1H3,(H,15,18). The van der Waals surface area contributed by atoms with Crippen molar-refractivity contribution in [2.24, 2.45) is 0 Å². The first-order valence-electron chi connectivity index (χ1n) is 6.23. The van der Waals surface area contributed by atoms with Gasteiger partial charge >= 0.3 is 0 Å². The molecule has 0 aliphatic carbocycles. The van der Waals surface area contributed by atoms with E-state index in [-0.39, 0.29) is 18.3 Å². The van der Waals surface area contributed by atoms with E-state index in [1.807, 2.05) is 12.3 Å². The van der Waals surface area contributed by atoms with Gasteiger partial charge in [-0.25, -0.2) is 4.98 Å². The van der Waals surface area contributed by atoms with Gasteiger partial charge in [-0.15, -0.1) is 11.3 Å². The van der Waals surface area contributed by atoms with Crippen molar-refractivity contribution in [2.45, 2.75) is 13.3 Å². The normalized spacial score (nSPS) is 10.2. The quantitative estimate of drug-likeness (QED) is 0.853. The highest BCUT2D eigenvalue weighted by atomic mass is 32.1. The molecule has 0 unspecified atom stereocenters. The first kappa shape index (κ1) is 14.3. The van der Waals surface area contributed by atoms with Crippen molar-refractivity contribution in [1.82, 2.24) is 10.3 Å². The summed E-state index contributed by atoms with van der Waals surface area (Å²) in [5.41, 5.74) is 0.981. The van der Waals surface area contributed by atoms with E-state index < -0.39 is 0 Å². The Balaban J connectivity index is 1.69. The Bertz CT molecular complexity index is 583. The molecule has 0 spiro atoms. The number of nitrogens with zero attached hydrogens (tertiary/aromatic N) is 1. The molecular weight excluding hydrogens is 276 g/mol. The zero-order valence-electron chi connectivity index (χ0n) is 11.1. The van der Waals surface area contributed by atoms with Crippen LogP contribution in [0.3, 0.4) is 0 Å². The second-order valence-corrected chi connectivity index (χ2v) is 5.28. The van der Waals surface area contributed by atoms with Crippen LogP contribution in [-0.4, -0.2) is 29.1 Å². The van der Waals surface area contributed by atoms with Crippen molar-refractivity contribution in [2.75, 3.05) is 13.2 Å². The molecule has 0 bridgehead atoms. The molecule has 0 aliphatic rings. The van der Waals surface area contributed by atoms with Gasteiger partial charge in [0, 0.05) is 18.3 Å². The third kappa shape index (κ3) is 4.24. The molecule has 2 rings (SSSR count). The minimum atomic E-state index is -0.222. The second kappa shape index (κ2) is 6.91. The van der Waals surface area contributed by atoms with Crippen molar-refractivity contribution in [1.29, 1.82) is 0 Å². The summed E-state index contributed by atoms with van der Waals surface area (Å²) < 4.78 is 5.23. The van der Waals surface area contributed by atoms with Crippen molar-refractivity contribution in [3.63, 3.8) is 0 Å². The van der Waals surface area contributed by atoms with E-state index in [1.54, 1.807) is 29.5 Å². The lowest BCUT2D eigenvalue weighted by molar-refractivity contribution is -0.123. The molecule has 106 valence electrons. The second-order valence-electron chi connectivity index (χ2n) is 4.21. The van der Waals surface area contributed by atoms with Gasteiger partial charge in [-0.3, -0.25) is 4.79 Å². The molecule has 0 radical (unpaired) electrons. The van der Waals surface area contributed by atoms with Crippen molar-refractivity contribution < 1.29 is 14.6 Å². The van der Waals surface area contributed by atoms with Gasteiger partial charge in [-0.2, -0.15) is 0 Å². The maximum absolute atomic E-state index is 11.6. The third-order valence-corrected chi connectivity index (χ3v) is 3.42. The number of amides is 1. The molecule has 0 fully saturated rings. The van der Waals surface area contributed by atoms with E-state index >= 15 is 0 Å². The van der Waals surface area contributed by atoms with Gasteiger partial charge in [0.2, 0.25) is 0 Å². The summed E-state index contributed by atoms with van der Waals surface area (Å²) in [5.74, 6) is 0.108. The Kier molecular flexibility index (Phi) is 4.95. The highest BCUT2D eigenvalue weighted by molar-refractivity contribution is 7.09. The minimum Gasteiger partial charge on any atom is -0.504 e. The van der Waals surface area contributed by atoms with Crippen LogP contribution in [0.15, 0.2) is 29.6 Å². The average Bonchev–Trinajstić information content (AvgIpc) is 2.83. The van der Waals surface area contributed by atoms with E-state index in [4.69, 9.17) is 4.74 Å². The number of ether oxygens (including phenoxy) is 1. The predicted molar refractivity (Wildman–Crippen MR) is 77.2 cm³/mol. The fraction of sp³-hybridized carbons (Fsp3) is 0.286. The van der Waals surface area contributed by atoms with Crippen molar-refractivity contribution in [3.05, 3.63) is 40.3 Å². The van der Waals surface area contributed by atoms with Crippen LogP contribution in [0.1, 0.15) is 10.7 Å². The summed E-state index contributed by atoms with van der Waals surface area (Å²) in [5, 5.41) is 15.2. The van der Waals surface area contributed by atoms with Crippen LogP contribution in [-0.2, 0) is 11.2 Å². The Morgan fingerprint density at radius 3 is 2.95 bits per heavy atom. The maximum Gasteiger partial charge on any atom is 0.257 e. The average molecular weight is 292 g/mol. The molecule has 20 heavy (non-hydrogen) atoms. The van der Waals surface area contributed by atoms with Gasteiger partial charge in [0.05, 0.1) is 10.7 Å². The molecule has 1 amide bonds. The lowest BCUT2D eigenvalue weighted by Crippen LogP contribution is -2.30. The van der Waals surface area contributed by atoms with Crippen LogP contribution in [0, 0.1) is 6.92 Å². The summed E-state index contributed by atoms with van der Waals surface area (Å²) >= 11 is 1.60. The number of phenolic OH excluding ortho intramolecular Hbond substituents is 1. The number of aromatic hydroxyl groups is 1. The van der Waals surface area contributed by atoms with Crippen LogP contribution in [0.2, 0.25) is 0 Å². The van der Waals surface area contributed by atoms with E-state index in [2.05, 4.69) is 10.3 Å². The first-order chi connectivity index (χ1) is 9.65. The molecule has 0 saturated carbocycles. The van der Waals surface area contributed by atoms with Crippen LogP contribution >= 0.6 is 11.3 Å². The number of rotatable bonds is 6. The summed E-state index contributed by atoms with van der Waals surface area (Å²) in [4.78, 5) is 15.9. The molecule has 5 nitrogen and oxygen atoms in total. The van der Waals surface area contributed by atoms with Crippen LogP contribution in [0.5, 0.6) is 11.5 Å². The minimum absolute atomic E-state index is 0.0262. The van der Waals surface area contributed by atoms with Crippen LogP contribution < -0.4 is 10.1 Å². The molecule has 0 atom stereocenters. The summed E-state index contributed by atoms with van der Waals surface area (Å²) in [6.07, 6.45) is 0.701. The van der Waals surface area contributed by atoms with Crippen molar-refractivity contribution >= 4 is 17.2 Å². The maximum atomic E-state index is 11.6. The number of aromatic nitrogens is 1. The molecule has 0 aliphatic heterocycles. The van der Waals surface area contributed by atoms with Gasteiger partial charge in [0.1, 0.15) is 0 Å². The number of aryl methyl sites for hydroxylation is 1. The molecule has 1 aromatic carbocycles. The Morgan fingerprint density at radius 1 is 1.45 bits per heavy atom. The summed E-state index contributed by atoms with van der Waals surface area (Å²) in [6, 6.07) is 6.55. The molecule has 2 aromatic rings. The number of phenols is 1. The number of carbonyl (C=O) groups is 1. The highest BCUT2D eigenvalue weighted by Gasteiger charge is 2.06. The van der Waals surface area contributed by atoms with Gasteiger partial charge in [-0.1, -0.05) is 12.1 Å².